The van der Waals surface area contributed by atoms with E-state index in [1.54, 1.807) is 0 Å². The minimum absolute atomic E-state index is 0.00796. The molecule has 1 fully saturated rings. The molecule has 0 aromatic carbocycles. The summed E-state index contributed by atoms with van der Waals surface area (Å²) in [5.41, 5.74) is 7.71. The highest BCUT2D eigenvalue weighted by atomic mass is 16.5. The maximum Gasteiger partial charge on any atom is 0.354 e. The number of hydrogen-bond acceptors (Lipinski definition) is 3. The first-order valence-corrected chi connectivity index (χ1v) is 5.87. The van der Waals surface area contributed by atoms with Gasteiger partial charge in [0.2, 0.25) is 0 Å². The van der Waals surface area contributed by atoms with Crippen molar-refractivity contribution in [2.24, 2.45) is 12.8 Å². The van der Waals surface area contributed by atoms with Crippen molar-refractivity contribution in [2.75, 3.05) is 7.11 Å². The molecule has 4 heteroatoms. The molecule has 0 saturated heterocycles. The monoisotopic (exact) mass is 236 g/mol. The molecular formula is C13H20N2O2. The van der Waals surface area contributed by atoms with Crippen LogP contribution in [0.4, 0.5) is 0 Å². The van der Waals surface area contributed by atoms with Gasteiger partial charge in [0.05, 0.1) is 7.11 Å². The van der Waals surface area contributed by atoms with Crippen molar-refractivity contribution in [1.29, 1.82) is 0 Å². The van der Waals surface area contributed by atoms with Crippen molar-refractivity contribution in [1.82, 2.24) is 4.57 Å². The van der Waals surface area contributed by atoms with Crippen LogP contribution in [0, 0.1) is 0 Å². The Kier molecular flexibility index (Phi) is 2.58. The third-order valence-corrected chi connectivity index (χ3v) is 3.99. The van der Waals surface area contributed by atoms with E-state index in [1.807, 2.05) is 37.6 Å². The highest BCUT2D eigenvalue weighted by Gasteiger charge is 2.55. The van der Waals surface area contributed by atoms with Gasteiger partial charge in [0, 0.05) is 23.7 Å². The average molecular weight is 236 g/mol. The molecule has 1 aliphatic rings. The van der Waals surface area contributed by atoms with E-state index in [2.05, 4.69) is 0 Å². The molecule has 1 aliphatic carbocycles. The van der Waals surface area contributed by atoms with Gasteiger partial charge in [-0.25, -0.2) is 4.79 Å². The number of rotatable bonds is 3. The molecule has 2 N–H and O–H groups in total. The molecule has 4 nitrogen and oxygen atoms in total. The summed E-state index contributed by atoms with van der Waals surface area (Å²) in [6, 6.07) is 3.81. The summed E-state index contributed by atoms with van der Waals surface area (Å²) in [6.07, 6.45) is 2.16. The van der Waals surface area contributed by atoms with Gasteiger partial charge in [0.15, 0.2) is 0 Å². The summed E-state index contributed by atoms with van der Waals surface area (Å²) in [7, 11) is 3.29. The lowest BCUT2D eigenvalue weighted by Crippen LogP contribution is -2.46. The zero-order valence-electron chi connectivity index (χ0n) is 10.9. The van der Waals surface area contributed by atoms with Gasteiger partial charge in [-0.05, 0) is 38.8 Å². The lowest BCUT2D eigenvalue weighted by Gasteiger charge is -2.31. The van der Waals surface area contributed by atoms with Crippen molar-refractivity contribution < 1.29 is 9.53 Å². The lowest BCUT2D eigenvalue weighted by molar-refractivity contribution is 0.0589. The average Bonchev–Trinajstić information content (AvgIpc) is 2.97. The number of ether oxygens (including phenoxy) is 1. The van der Waals surface area contributed by atoms with Crippen LogP contribution in [0.2, 0.25) is 0 Å². The van der Waals surface area contributed by atoms with Crippen LogP contribution in [-0.4, -0.2) is 23.2 Å². The van der Waals surface area contributed by atoms with Crippen molar-refractivity contribution >= 4 is 5.97 Å². The van der Waals surface area contributed by atoms with E-state index in [9.17, 15) is 4.79 Å². The Labute approximate surface area is 102 Å². The number of nitrogens with two attached hydrogens (primary N) is 1. The summed E-state index contributed by atoms with van der Waals surface area (Å²) in [4.78, 5) is 11.6. The van der Waals surface area contributed by atoms with Gasteiger partial charge in [-0.2, -0.15) is 0 Å². The Morgan fingerprint density at radius 1 is 1.47 bits per heavy atom. The fourth-order valence-corrected chi connectivity index (χ4v) is 2.66. The van der Waals surface area contributed by atoms with Gasteiger partial charge < -0.3 is 15.0 Å². The van der Waals surface area contributed by atoms with E-state index >= 15 is 0 Å². The van der Waals surface area contributed by atoms with E-state index in [0.717, 1.165) is 18.5 Å². The molecule has 1 heterocycles. The van der Waals surface area contributed by atoms with Crippen LogP contribution in [0.5, 0.6) is 0 Å². The van der Waals surface area contributed by atoms with Gasteiger partial charge in [-0.15, -0.1) is 0 Å². The summed E-state index contributed by atoms with van der Waals surface area (Å²) < 4.78 is 6.67. The molecule has 0 aliphatic heterocycles. The number of methoxy groups -OCH3 is 1. The fourth-order valence-electron chi connectivity index (χ4n) is 2.66. The normalized spacial score (nSPS) is 17.9. The van der Waals surface area contributed by atoms with Crippen molar-refractivity contribution in [3.8, 4) is 0 Å². The zero-order valence-corrected chi connectivity index (χ0v) is 10.9. The number of esters is 1. The summed E-state index contributed by atoms with van der Waals surface area (Å²) >= 11 is 0. The Morgan fingerprint density at radius 3 is 2.47 bits per heavy atom. The molecule has 17 heavy (non-hydrogen) atoms. The van der Waals surface area contributed by atoms with Crippen LogP contribution in [0.3, 0.4) is 0 Å². The Morgan fingerprint density at radius 2 is 2.06 bits per heavy atom. The number of hydrogen-bond donors (Lipinski definition) is 1. The van der Waals surface area contributed by atoms with Crippen molar-refractivity contribution in [3.63, 3.8) is 0 Å². The van der Waals surface area contributed by atoms with Crippen LogP contribution >= 0.6 is 0 Å². The minimum atomic E-state index is -0.302. The second-order valence-corrected chi connectivity index (χ2v) is 5.46. The SMILES string of the molecule is COC(=O)c1ccc(C2(C(C)(C)N)CC2)n1C. The standard InChI is InChI=1S/C13H20N2O2/c1-12(2,14)13(7-8-13)10-6-5-9(15(10)3)11(16)17-4/h5-6H,7-8,14H2,1-4H3. The first kappa shape index (κ1) is 12.2. The number of nitrogens with zero attached hydrogens (tertiary/aromatic N) is 1. The maximum absolute atomic E-state index is 11.6. The van der Waals surface area contributed by atoms with Crippen LogP contribution in [0.1, 0.15) is 42.9 Å². The fraction of sp³-hybridized carbons (Fsp3) is 0.615. The highest BCUT2D eigenvalue weighted by Crippen LogP contribution is 2.54. The van der Waals surface area contributed by atoms with E-state index in [-0.39, 0.29) is 16.9 Å². The Hall–Kier alpha value is -1.29. The predicted octanol–water partition coefficient (Wildman–Crippen LogP) is 1.58. The predicted molar refractivity (Wildman–Crippen MR) is 65.9 cm³/mol. The van der Waals surface area contributed by atoms with E-state index < -0.39 is 0 Å². The van der Waals surface area contributed by atoms with Crippen LogP contribution < -0.4 is 5.73 Å². The molecule has 94 valence electrons. The summed E-state index contributed by atoms with van der Waals surface area (Å²) in [6.45, 7) is 4.09. The van der Waals surface area contributed by atoms with Crippen LogP contribution in [-0.2, 0) is 17.2 Å². The summed E-state index contributed by atoms with van der Waals surface area (Å²) in [5, 5.41) is 0. The van der Waals surface area contributed by atoms with Gasteiger partial charge in [0.1, 0.15) is 5.69 Å². The quantitative estimate of drug-likeness (QED) is 0.811. The number of carbonyl (C=O) groups excluding carboxylic acids is 1. The molecule has 0 radical (unpaired) electrons. The Bertz CT molecular complexity index is 450. The minimum Gasteiger partial charge on any atom is -0.464 e. The first-order chi connectivity index (χ1) is 7.83. The zero-order chi connectivity index (χ0) is 12.8. The number of carbonyl (C=O) groups is 1. The molecule has 0 unspecified atom stereocenters. The largest absolute Gasteiger partial charge is 0.464 e. The molecule has 0 atom stereocenters. The van der Waals surface area contributed by atoms with Crippen molar-refractivity contribution in [2.45, 2.75) is 37.6 Å². The lowest BCUT2D eigenvalue weighted by atomic mass is 9.82. The maximum atomic E-state index is 11.6. The first-order valence-electron chi connectivity index (χ1n) is 5.87. The third kappa shape index (κ3) is 1.67. The van der Waals surface area contributed by atoms with Gasteiger partial charge in [0.25, 0.3) is 0 Å². The second-order valence-electron chi connectivity index (χ2n) is 5.46. The van der Waals surface area contributed by atoms with E-state index in [0.29, 0.717) is 5.69 Å². The number of aromatic nitrogens is 1. The molecule has 2 rings (SSSR count). The molecular weight excluding hydrogens is 216 g/mol. The van der Waals surface area contributed by atoms with E-state index in [1.165, 1.54) is 7.11 Å². The van der Waals surface area contributed by atoms with Crippen molar-refractivity contribution in [3.05, 3.63) is 23.5 Å². The van der Waals surface area contributed by atoms with Gasteiger partial charge >= 0.3 is 5.97 Å². The van der Waals surface area contributed by atoms with Gasteiger partial charge in [-0.3, -0.25) is 0 Å². The molecule has 0 amide bonds. The third-order valence-electron chi connectivity index (χ3n) is 3.99. The smallest absolute Gasteiger partial charge is 0.354 e. The van der Waals surface area contributed by atoms with Crippen LogP contribution in [0.25, 0.3) is 0 Å². The second kappa shape index (κ2) is 3.60. The molecule has 1 aromatic rings. The molecule has 0 bridgehead atoms. The molecule has 0 spiro atoms. The molecule has 1 saturated carbocycles. The topological polar surface area (TPSA) is 57.2 Å². The molecule has 1 aromatic heterocycles. The summed E-state index contributed by atoms with van der Waals surface area (Å²) in [5.74, 6) is -0.302. The highest BCUT2D eigenvalue weighted by molar-refractivity contribution is 5.87. The van der Waals surface area contributed by atoms with E-state index in [4.69, 9.17) is 10.5 Å². The van der Waals surface area contributed by atoms with Gasteiger partial charge in [-0.1, -0.05) is 0 Å². The van der Waals surface area contributed by atoms with Crippen LogP contribution in [0.15, 0.2) is 12.1 Å². The Balaban J connectivity index is 2.43.